The first-order valence-electron chi connectivity index (χ1n) is 7.22. The molecule has 0 aliphatic rings. The molecule has 2 nitrogen and oxygen atoms in total. The average Bonchev–Trinajstić information content (AvgIpc) is 2.49. The van der Waals surface area contributed by atoms with Crippen LogP contribution in [0.15, 0.2) is 42.5 Å². The molecule has 1 atom stereocenters. The summed E-state index contributed by atoms with van der Waals surface area (Å²) in [6.45, 7) is 5.43. The number of benzene rings is 2. The first-order chi connectivity index (χ1) is 10.1. The molecule has 2 aromatic carbocycles. The van der Waals surface area contributed by atoms with E-state index in [1.807, 2.05) is 26.1 Å². The maximum absolute atomic E-state index is 13.6. The summed E-state index contributed by atoms with van der Waals surface area (Å²) in [4.78, 5) is 0. The summed E-state index contributed by atoms with van der Waals surface area (Å²) in [5.41, 5.74) is 3.31. The lowest BCUT2D eigenvalue weighted by molar-refractivity contribution is 0.290. The molecule has 0 radical (unpaired) electrons. The highest BCUT2D eigenvalue weighted by molar-refractivity contribution is 5.30. The second-order valence-electron chi connectivity index (χ2n) is 5.42. The summed E-state index contributed by atoms with van der Waals surface area (Å²) in [5, 5.41) is 3.17. The second-order valence-corrected chi connectivity index (χ2v) is 5.42. The molecule has 0 aromatic heterocycles. The van der Waals surface area contributed by atoms with Crippen LogP contribution in [0.1, 0.15) is 29.5 Å². The molecule has 0 amide bonds. The van der Waals surface area contributed by atoms with Crippen molar-refractivity contribution in [2.75, 3.05) is 13.6 Å². The van der Waals surface area contributed by atoms with Gasteiger partial charge in [0.2, 0.25) is 0 Å². The summed E-state index contributed by atoms with van der Waals surface area (Å²) < 4.78 is 19.2. The molecule has 0 saturated heterocycles. The molecule has 0 fully saturated rings. The van der Waals surface area contributed by atoms with Crippen LogP contribution >= 0.6 is 0 Å². The number of aryl methyl sites for hydroxylation is 1. The van der Waals surface area contributed by atoms with Crippen LogP contribution in [0.25, 0.3) is 0 Å². The molecular formula is C18H22FNO. The maximum atomic E-state index is 13.6. The zero-order valence-corrected chi connectivity index (χ0v) is 12.8. The van der Waals surface area contributed by atoms with Gasteiger partial charge in [0, 0.05) is 6.54 Å². The maximum Gasteiger partial charge on any atom is 0.165 e. The standard InChI is InChI=1S/C18H22FNO/c1-13-4-9-17(19)18(10-13)21-12-15-5-7-16(8-6-15)14(2)11-20-3/h4-10,14,20H,11-12H2,1-3H3. The third-order valence-corrected chi connectivity index (χ3v) is 3.54. The minimum atomic E-state index is -0.320. The molecule has 21 heavy (non-hydrogen) atoms. The molecule has 3 heteroatoms. The molecule has 2 rings (SSSR count). The number of rotatable bonds is 6. The van der Waals surface area contributed by atoms with Crippen molar-refractivity contribution in [2.45, 2.75) is 26.4 Å². The van der Waals surface area contributed by atoms with Gasteiger partial charge in [0.25, 0.3) is 0 Å². The smallest absolute Gasteiger partial charge is 0.165 e. The molecular weight excluding hydrogens is 265 g/mol. The Morgan fingerprint density at radius 1 is 1.14 bits per heavy atom. The van der Waals surface area contributed by atoms with Gasteiger partial charge in [0.15, 0.2) is 11.6 Å². The fraction of sp³-hybridized carbons (Fsp3) is 0.333. The van der Waals surface area contributed by atoms with Gasteiger partial charge in [-0.05, 0) is 48.7 Å². The number of hydrogen-bond donors (Lipinski definition) is 1. The van der Waals surface area contributed by atoms with Gasteiger partial charge < -0.3 is 10.1 Å². The second kappa shape index (κ2) is 7.23. The third-order valence-electron chi connectivity index (χ3n) is 3.54. The van der Waals surface area contributed by atoms with Crippen LogP contribution < -0.4 is 10.1 Å². The zero-order chi connectivity index (χ0) is 15.2. The van der Waals surface area contributed by atoms with Crippen LogP contribution in [-0.2, 0) is 6.61 Å². The van der Waals surface area contributed by atoms with Gasteiger partial charge in [-0.1, -0.05) is 37.3 Å². The van der Waals surface area contributed by atoms with Gasteiger partial charge in [-0.15, -0.1) is 0 Å². The zero-order valence-electron chi connectivity index (χ0n) is 12.8. The van der Waals surface area contributed by atoms with Crippen molar-refractivity contribution in [3.8, 4) is 5.75 Å². The Bertz CT molecular complexity index is 580. The summed E-state index contributed by atoms with van der Waals surface area (Å²) in [5.74, 6) is 0.460. The third kappa shape index (κ3) is 4.30. The number of hydrogen-bond acceptors (Lipinski definition) is 2. The summed E-state index contributed by atoms with van der Waals surface area (Å²) in [6.07, 6.45) is 0. The van der Waals surface area contributed by atoms with Gasteiger partial charge in [0.1, 0.15) is 6.61 Å². The van der Waals surface area contributed by atoms with E-state index in [-0.39, 0.29) is 5.82 Å². The van der Waals surface area contributed by atoms with Crippen LogP contribution in [0.3, 0.4) is 0 Å². The van der Waals surface area contributed by atoms with E-state index in [2.05, 4.69) is 24.4 Å². The van der Waals surface area contributed by atoms with Crippen LogP contribution in [0.2, 0.25) is 0 Å². The monoisotopic (exact) mass is 287 g/mol. The Morgan fingerprint density at radius 2 is 1.86 bits per heavy atom. The lowest BCUT2D eigenvalue weighted by atomic mass is 10.00. The van der Waals surface area contributed by atoms with Crippen molar-refractivity contribution in [2.24, 2.45) is 0 Å². The van der Waals surface area contributed by atoms with Crippen molar-refractivity contribution in [1.82, 2.24) is 5.32 Å². The van der Waals surface area contributed by atoms with E-state index in [1.54, 1.807) is 12.1 Å². The van der Waals surface area contributed by atoms with Crippen molar-refractivity contribution in [3.63, 3.8) is 0 Å². The summed E-state index contributed by atoms with van der Waals surface area (Å²) in [7, 11) is 1.95. The fourth-order valence-electron chi connectivity index (χ4n) is 2.25. The van der Waals surface area contributed by atoms with Crippen molar-refractivity contribution < 1.29 is 9.13 Å². The molecule has 0 spiro atoms. The molecule has 1 N–H and O–H groups in total. The fourth-order valence-corrected chi connectivity index (χ4v) is 2.25. The van der Waals surface area contributed by atoms with E-state index in [4.69, 9.17) is 4.74 Å². The van der Waals surface area contributed by atoms with Gasteiger partial charge in [-0.2, -0.15) is 0 Å². The Hall–Kier alpha value is -1.87. The van der Waals surface area contributed by atoms with Crippen molar-refractivity contribution >= 4 is 0 Å². The molecule has 0 aliphatic carbocycles. The predicted octanol–water partition coefficient (Wildman–Crippen LogP) is 4.04. The van der Waals surface area contributed by atoms with Crippen LogP contribution in [0.4, 0.5) is 4.39 Å². The molecule has 1 unspecified atom stereocenters. The number of likely N-dealkylation sites (N-methyl/N-ethyl adjacent to an activating group) is 1. The predicted molar refractivity (Wildman–Crippen MR) is 84.3 cm³/mol. The lowest BCUT2D eigenvalue weighted by Gasteiger charge is -2.12. The molecule has 2 aromatic rings. The Balaban J connectivity index is 1.99. The van der Waals surface area contributed by atoms with Gasteiger partial charge in [-0.25, -0.2) is 4.39 Å². The molecule has 0 aliphatic heterocycles. The number of ether oxygens (including phenoxy) is 1. The molecule has 0 bridgehead atoms. The van der Waals surface area contributed by atoms with E-state index in [0.29, 0.717) is 18.3 Å². The van der Waals surface area contributed by atoms with E-state index in [0.717, 1.165) is 17.7 Å². The first-order valence-corrected chi connectivity index (χ1v) is 7.22. The Labute approximate surface area is 126 Å². The highest BCUT2D eigenvalue weighted by Crippen LogP contribution is 2.20. The normalized spacial score (nSPS) is 12.2. The van der Waals surface area contributed by atoms with Crippen molar-refractivity contribution in [1.29, 1.82) is 0 Å². The molecule has 112 valence electrons. The van der Waals surface area contributed by atoms with E-state index in [9.17, 15) is 4.39 Å². The lowest BCUT2D eigenvalue weighted by Crippen LogP contribution is -2.14. The first kappa shape index (κ1) is 15.5. The van der Waals surface area contributed by atoms with Crippen LogP contribution in [0, 0.1) is 12.7 Å². The quantitative estimate of drug-likeness (QED) is 0.866. The topological polar surface area (TPSA) is 21.3 Å². The highest BCUT2D eigenvalue weighted by Gasteiger charge is 2.06. The van der Waals surface area contributed by atoms with Crippen molar-refractivity contribution in [3.05, 3.63) is 65.0 Å². The highest BCUT2D eigenvalue weighted by atomic mass is 19.1. The van der Waals surface area contributed by atoms with Gasteiger partial charge in [-0.3, -0.25) is 0 Å². The Morgan fingerprint density at radius 3 is 2.52 bits per heavy atom. The largest absolute Gasteiger partial charge is 0.486 e. The van der Waals surface area contributed by atoms with E-state index >= 15 is 0 Å². The molecule has 0 heterocycles. The van der Waals surface area contributed by atoms with E-state index in [1.165, 1.54) is 11.6 Å². The minimum absolute atomic E-state index is 0.308. The van der Waals surface area contributed by atoms with Gasteiger partial charge in [0.05, 0.1) is 0 Å². The number of halogens is 1. The Kier molecular flexibility index (Phi) is 5.34. The number of nitrogens with one attached hydrogen (secondary N) is 1. The van der Waals surface area contributed by atoms with Gasteiger partial charge >= 0.3 is 0 Å². The minimum Gasteiger partial charge on any atom is -0.486 e. The average molecular weight is 287 g/mol. The summed E-state index contributed by atoms with van der Waals surface area (Å²) >= 11 is 0. The molecule has 0 saturated carbocycles. The summed E-state index contributed by atoms with van der Waals surface area (Å²) in [6, 6.07) is 13.2. The van der Waals surface area contributed by atoms with Crippen LogP contribution in [-0.4, -0.2) is 13.6 Å². The SMILES string of the molecule is CNCC(C)c1ccc(COc2cc(C)ccc2F)cc1. The van der Waals surface area contributed by atoms with Crippen LogP contribution in [0.5, 0.6) is 5.75 Å². The van der Waals surface area contributed by atoms with E-state index < -0.39 is 0 Å².